The molecule has 0 aliphatic heterocycles. The predicted molar refractivity (Wildman–Crippen MR) is 244 cm³/mol. The molecular formula is C54H41N4OPt-. The second-order valence-electron chi connectivity index (χ2n) is 16.3. The van der Waals surface area contributed by atoms with Crippen molar-refractivity contribution in [2.24, 2.45) is 0 Å². The molecule has 0 unspecified atom stereocenters. The summed E-state index contributed by atoms with van der Waals surface area (Å²) < 4.78 is 4.67. The van der Waals surface area contributed by atoms with Gasteiger partial charge in [0.05, 0.1) is 33.1 Å². The van der Waals surface area contributed by atoms with Crippen molar-refractivity contribution in [1.82, 2.24) is 18.9 Å². The van der Waals surface area contributed by atoms with Crippen molar-refractivity contribution in [3.8, 4) is 56.3 Å². The van der Waals surface area contributed by atoms with E-state index in [1.807, 2.05) is 18.3 Å². The van der Waals surface area contributed by atoms with E-state index in [1.54, 1.807) is 0 Å². The molecule has 0 aliphatic rings. The molecule has 0 bridgehead atoms. The van der Waals surface area contributed by atoms with E-state index in [0.717, 1.165) is 66.9 Å². The van der Waals surface area contributed by atoms with Crippen molar-refractivity contribution in [1.29, 1.82) is 0 Å². The number of para-hydroxylation sites is 3. The van der Waals surface area contributed by atoms with Crippen LogP contribution in [0.4, 0.5) is 0 Å². The van der Waals surface area contributed by atoms with Gasteiger partial charge in [-0.3, -0.25) is 9.55 Å². The van der Waals surface area contributed by atoms with E-state index >= 15 is 0 Å². The summed E-state index contributed by atoms with van der Waals surface area (Å²) in [6, 6.07) is 57.2. The van der Waals surface area contributed by atoms with Gasteiger partial charge in [-0.05, 0) is 76.6 Å². The third kappa shape index (κ3) is 5.86. The van der Waals surface area contributed by atoms with Crippen LogP contribution in [-0.2, 0) is 21.1 Å². The van der Waals surface area contributed by atoms with Crippen LogP contribution in [0.5, 0.6) is 5.75 Å². The molecule has 0 amide bonds. The summed E-state index contributed by atoms with van der Waals surface area (Å²) in [4.78, 5) is 10.3. The first-order valence-corrected chi connectivity index (χ1v) is 20.4. The number of nitrogens with zero attached hydrogens (tertiary/aromatic N) is 4. The second-order valence-corrected chi connectivity index (χ2v) is 16.3. The van der Waals surface area contributed by atoms with Crippen LogP contribution in [0.15, 0.2) is 158 Å². The van der Waals surface area contributed by atoms with Crippen LogP contribution < -0.4 is 0 Å². The number of aromatic nitrogens is 4. The van der Waals surface area contributed by atoms with Gasteiger partial charge in [-0.25, -0.2) is 4.98 Å². The maximum absolute atomic E-state index is 12.2. The Balaban J connectivity index is 0.00000433. The molecule has 0 radical (unpaired) electrons. The molecule has 1 N–H and O–H groups in total. The van der Waals surface area contributed by atoms with Crippen molar-refractivity contribution in [2.45, 2.75) is 39.5 Å². The SMILES string of the molecule is CC(C)c1cc(-c2nc3c(-c4[c-]c(-c5cc(-c6ccccc6)ccn5)ccc4)cccc3n2-c2cc3c4ccccc4n4c5ccccc5c(c2)c34)c(O)c(C(C)C)c1.[Pt]. The minimum atomic E-state index is 0. The number of benzene rings is 7. The number of hydrogen-bond donors (Lipinski definition) is 1. The Morgan fingerprint density at radius 2 is 1.22 bits per heavy atom. The summed E-state index contributed by atoms with van der Waals surface area (Å²) in [5.74, 6) is 1.34. The van der Waals surface area contributed by atoms with Gasteiger partial charge in [0, 0.05) is 60.2 Å². The van der Waals surface area contributed by atoms with Crippen molar-refractivity contribution < 1.29 is 26.2 Å². The van der Waals surface area contributed by atoms with E-state index < -0.39 is 0 Å². The topological polar surface area (TPSA) is 55.4 Å². The number of imidazole rings is 1. The Morgan fingerprint density at radius 1 is 0.567 bits per heavy atom. The maximum Gasteiger partial charge on any atom is 0.148 e. The van der Waals surface area contributed by atoms with Crippen LogP contribution in [0.3, 0.4) is 0 Å². The van der Waals surface area contributed by atoms with Gasteiger partial charge in [-0.1, -0.05) is 130 Å². The second kappa shape index (κ2) is 14.6. The zero-order chi connectivity index (χ0) is 39.9. The third-order valence-electron chi connectivity index (χ3n) is 12.1. The van der Waals surface area contributed by atoms with E-state index in [4.69, 9.17) is 9.97 Å². The van der Waals surface area contributed by atoms with Gasteiger partial charge in [0.15, 0.2) is 0 Å². The van der Waals surface area contributed by atoms with Crippen molar-refractivity contribution in [3.05, 3.63) is 175 Å². The molecule has 0 saturated heterocycles. The first kappa shape index (κ1) is 37.7. The van der Waals surface area contributed by atoms with Gasteiger partial charge in [-0.2, -0.15) is 0 Å². The smallest absolute Gasteiger partial charge is 0.148 e. The van der Waals surface area contributed by atoms with Gasteiger partial charge < -0.3 is 9.51 Å². The van der Waals surface area contributed by atoms with E-state index in [2.05, 4.69) is 182 Å². The molecule has 5 nitrogen and oxygen atoms in total. The molecule has 11 rings (SSSR count). The van der Waals surface area contributed by atoms with Crippen molar-refractivity contribution in [2.75, 3.05) is 0 Å². The van der Waals surface area contributed by atoms with Crippen LogP contribution in [0.1, 0.15) is 50.7 Å². The molecule has 6 heteroatoms. The Labute approximate surface area is 363 Å². The monoisotopic (exact) mass is 956 g/mol. The minimum Gasteiger partial charge on any atom is -0.507 e. The van der Waals surface area contributed by atoms with Gasteiger partial charge in [0.2, 0.25) is 0 Å². The fourth-order valence-corrected chi connectivity index (χ4v) is 9.11. The van der Waals surface area contributed by atoms with E-state index in [1.165, 1.54) is 38.1 Å². The Bertz CT molecular complexity index is 3330. The van der Waals surface area contributed by atoms with Crippen LogP contribution in [0, 0.1) is 6.07 Å². The normalized spacial score (nSPS) is 11.9. The van der Waals surface area contributed by atoms with Crippen LogP contribution in [0.25, 0.3) is 99.7 Å². The fraction of sp³-hybridized carbons (Fsp3) is 0.111. The largest absolute Gasteiger partial charge is 0.507 e. The first-order valence-electron chi connectivity index (χ1n) is 20.4. The van der Waals surface area contributed by atoms with Crippen molar-refractivity contribution >= 4 is 49.1 Å². The van der Waals surface area contributed by atoms with Gasteiger partial charge >= 0.3 is 0 Å². The molecule has 4 aromatic heterocycles. The van der Waals surface area contributed by atoms with E-state index in [9.17, 15) is 5.11 Å². The molecule has 11 aromatic rings. The summed E-state index contributed by atoms with van der Waals surface area (Å²) in [7, 11) is 0. The molecule has 7 aromatic carbocycles. The van der Waals surface area contributed by atoms with E-state index in [0.29, 0.717) is 5.82 Å². The average molecular weight is 957 g/mol. The predicted octanol–water partition coefficient (Wildman–Crippen LogP) is 14.0. The number of phenolic OH excluding ortho intramolecular Hbond substituents is 1. The molecule has 0 spiro atoms. The van der Waals surface area contributed by atoms with Crippen LogP contribution in [0.2, 0.25) is 0 Å². The summed E-state index contributed by atoms with van der Waals surface area (Å²) >= 11 is 0. The van der Waals surface area contributed by atoms with Gasteiger partial charge in [0.1, 0.15) is 11.6 Å². The fourth-order valence-electron chi connectivity index (χ4n) is 9.11. The van der Waals surface area contributed by atoms with Crippen LogP contribution >= 0.6 is 0 Å². The summed E-state index contributed by atoms with van der Waals surface area (Å²) in [6.45, 7) is 8.69. The Morgan fingerprint density at radius 3 is 1.92 bits per heavy atom. The zero-order valence-electron chi connectivity index (χ0n) is 33.7. The number of hydrogen-bond acceptors (Lipinski definition) is 3. The molecule has 0 fully saturated rings. The summed E-state index contributed by atoms with van der Waals surface area (Å²) in [6.07, 6.45) is 1.87. The molecule has 0 saturated carbocycles. The van der Waals surface area contributed by atoms with Gasteiger partial charge in [0.25, 0.3) is 0 Å². The van der Waals surface area contributed by atoms with E-state index in [-0.39, 0.29) is 38.7 Å². The third-order valence-corrected chi connectivity index (χ3v) is 12.1. The molecule has 0 atom stereocenters. The number of pyridine rings is 1. The summed E-state index contributed by atoms with van der Waals surface area (Å²) in [5, 5.41) is 17.0. The Hall–Kier alpha value is -6.55. The Kier molecular flexibility index (Phi) is 9.19. The maximum atomic E-state index is 12.2. The summed E-state index contributed by atoms with van der Waals surface area (Å²) in [5.41, 5.74) is 15.1. The van der Waals surface area contributed by atoms with Crippen LogP contribution in [-0.4, -0.2) is 24.0 Å². The molecule has 294 valence electrons. The number of phenols is 1. The molecule has 60 heavy (non-hydrogen) atoms. The molecular weight excluding hydrogens is 916 g/mol. The standard InChI is InChI=1S/C54H41N4O.Pt/c1-32(2)38-27-43(33(3)4)53(59)46(28-38)54-56-51-40(36-16-12-17-37(26-36)47-29-35(24-25-55-47)34-14-6-5-7-15-34)20-13-23-50(51)57(54)39-30-44-41-18-8-10-21-48(41)58-49-22-11-9-19-42(49)45(31-39)52(44)58;/h5-25,27-33,59H,1-4H3;/q-1;. The number of rotatable bonds is 7. The quantitative estimate of drug-likeness (QED) is 0.162. The van der Waals surface area contributed by atoms with Gasteiger partial charge in [-0.15, -0.1) is 29.8 Å². The first-order chi connectivity index (χ1) is 28.8. The minimum absolute atomic E-state index is 0. The molecule has 4 heterocycles. The number of fused-ring (bicyclic) bond motifs is 7. The average Bonchev–Trinajstić information content (AvgIpc) is 3.94. The van der Waals surface area contributed by atoms with Crippen molar-refractivity contribution in [3.63, 3.8) is 0 Å². The molecule has 0 aliphatic carbocycles. The number of aromatic hydroxyl groups is 1. The zero-order valence-corrected chi connectivity index (χ0v) is 36.0.